The van der Waals surface area contributed by atoms with Gasteiger partial charge in [-0.3, -0.25) is 35.7 Å². The molecular weight excluding hydrogens is 1380 g/mol. The number of hydrogen-bond donors (Lipinski definition) is 8. The Labute approximate surface area is 644 Å². The van der Waals surface area contributed by atoms with Crippen molar-refractivity contribution in [3.63, 3.8) is 0 Å². The van der Waals surface area contributed by atoms with Crippen molar-refractivity contribution in [2.75, 3.05) is 12.4 Å². The molecule has 0 aliphatic rings. The van der Waals surface area contributed by atoms with Gasteiger partial charge in [0.1, 0.15) is 50.9 Å². The molecule has 0 aromatic rings. The first-order valence-electron chi connectivity index (χ1n) is 31.5. The summed E-state index contributed by atoms with van der Waals surface area (Å²) in [6, 6.07) is -2.04. The first-order valence-corrected chi connectivity index (χ1v) is 32.9. The number of nitrogens with zero attached hydrogens (tertiary/aromatic N) is 1. The van der Waals surface area contributed by atoms with E-state index in [0.29, 0.717) is 31.4 Å². The molecule has 0 aromatic heterocycles. The number of halogens is 2. The number of aliphatic hydroxyl groups excluding tert-OH is 1. The van der Waals surface area contributed by atoms with E-state index in [4.69, 9.17) is 59.9 Å². The van der Waals surface area contributed by atoms with Gasteiger partial charge in [0.2, 0.25) is 0 Å². The predicted octanol–water partition coefficient (Wildman–Crippen LogP) is 10.1. The van der Waals surface area contributed by atoms with Gasteiger partial charge in [0.25, 0.3) is 0 Å². The molecule has 0 fully saturated rings. The van der Waals surface area contributed by atoms with Gasteiger partial charge in [-0.1, -0.05) is 20.3 Å². The molecule has 0 rings (SSSR count). The molecule has 32 heteroatoms. The molecular formula is C65H123Cl2KN5O22S2-. The number of ether oxygens (including phenoxy) is 8. The molecule has 97 heavy (non-hydrogen) atoms. The third-order valence-electron chi connectivity index (χ3n) is 9.81. The molecule has 0 radical (unpaired) electrons. The number of carbonyl (C=O) groups excluding carboxylic acids is 9. The predicted molar refractivity (Wildman–Crippen MR) is 377 cm³/mol. The standard InChI is InChI=1S/2C15H29NO4.C14H25NO6.C14H27NO5.C5H9ClNO2S.C2H4OS.ClH.K/c2*1-8-11(16-13(18)20-15(5,6)7)9-10-12(17)19-14(2,3)4;1-13(2,3)20-10(16)8-7-9(11(17)18)15-12(19)21-14(4,5)6;1-13(2,3)19-11(17)8-7-10(9-16)15-12(18)20-14(4,5)6;6-7-4(3-10)1-2-5(8)9;1-2(3)4;;/h2*11H,8-10H2,1-7H3,(H,16,18);9H,7-8H2,1-6H3,(H,15,19)(H,17,18);10,16H,7-9H2,1-6H3,(H,15,18);4,10H,1-3H2,(H,8,9);1H3,(H,3,4);1H;/q;;;;-1;;;+1/p-1. The largest absolute Gasteiger partial charge is 1.00 e. The van der Waals surface area contributed by atoms with Gasteiger partial charge in [-0.25, -0.2) is 24.0 Å². The number of thiol groups is 1. The van der Waals surface area contributed by atoms with Gasteiger partial charge in [-0.2, -0.15) is 12.6 Å². The van der Waals surface area contributed by atoms with Crippen LogP contribution in [-0.4, -0.2) is 168 Å². The number of hydrogen-bond acceptors (Lipinski definition) is 22. The number of alkyl carbamates (subject to hydrolysis) is 4. The van der Waals surface area contributed by atoms with Gasteiger partial charge in [-0.15, -0.1) is 18.4 Å². The van der Waals surface area contributed by atoms with Crippen molar-refractivity contribution >= 4 is 115 Å². The van der Waals surface area contributed by atoms with Crippen LogP contribution in [0.3, 0.4) is 0 Å². The maximum Gasteiger partial charge on any atom is 1.00 e. The molecule has 27 nitrogen and oxygen atoms in total. The molecule has 0 aliphatic heterocycles. The van der Waals surface area contributed by atoms with E-state index < -0.39 is 99.2 Å². The number of rotatable bonds is 25. The van der Waals surface area contributed by atoms with Gasteiger partial charge >= 0.3 is 112 Å². The van der Waals surface area contributed by atoms with Gasteiger partial charge in [-0.05, 0) is 217 Å². The van der Waals surface area contributed by atoms with Crippen molar-refractivity contribution in [3.8, 4) is 0 Å². The van der Waals surface area contributed by atoms with E-state index >= 15 is 0 Å². The Morgan fingerprint density at radius 2 is 0.649 bits per heavy atom. The van der Waals surface area contributed by atoms with Crippen LogP contribution in [0.2, 0.25) is 0 Å². The molecule has 0 aromatic carbocycles. The molecule has 5 atom stereocenters. The number of esters is 4. The van der Waals surface area contributed by atoms with Crippen molar-refractivity contribution in [2.24, 2.45) is 0 Å². The summed E-state index contributed by atoms with van der Waals surface area (Å²) in [5, 5.41) is 36.5. The topological polar surface area (TPSA) is 385 Å². The average molecular weight is 1500 g/mol. The Kier molecular flexibility index (Phi) is 60.8. The van der Waals surface area contributed by atoms with Crippen LogP contribution in [0, 0.1) is 0 Å². The monoisotopic (exact) mass is 1500 g/mol. The number of carboxylic acids is 2. The van der Waals surface area contributed by atoms with E-state index in [0.717, 1.165) is 12.8 Å². The first kappa shape index (κ1) is 109. The fourth-order valence-electron chi connectivity index (χ4n) is 6.27. The van der Waals surface area contributed by atoms with E-state index in [-0.39, 0.29) is 150 Å². The molecule has 0 spiro atoms. The Morgan fingerprint density at radius 1 is 0.423 bits per heavy atom. The Bertz CT molecular complexity index is 2120. The molecule has 568 valence electrons. The fraction of sp³-hybridized carbons (Fsp3) is 0.831. The van der Waals surface area contributed by atoms with Crippen LogP contribution < -0.4 is 72.7 Å². The van der Waals surface area contributed by atoms with Crippen molar-refractivity contribution < 1.29 is 157 Å². The summed E-state index contributed by atoms with van der Waals surface area (Å²) in [5.74, 6) is -2.93. The summed E-state index contributed by atoms with van der Waals surface area (Å²) >= 11 is 13.0. The van der Waals surface area contributed by atoms with Gasteiger partial charge in [0.15, 0.2) is 0 Å². The number of aliphatic hydroxyl groups is 1. The molecule has 4 amide bonds. The maximum absolute atomic E-state index is 11.7. The quantitative estimate of drug-likeness (QED) is 0.0138. The summed E-state index contributed by atoms with van der Waals surface area (Å²) in [6.45, 7) is 47.7. The van der Waals surface area contributed by atoms with Crippen LogP contribution in [0.1, 0.15) is 264 Å². The van der Waals surface area contributed by atoms with Gasteiger partial charge in [0, 0.05) is 49.3 Å². The number of amides is 4. The second-order valence-corrected chi connectivity index (χ2v) is 30.6. The van der Waals surface area contributed by atoms with Crippen molar-refractivity contribution in [3.05, 3.63) is 4.84 Å². The zero-order valence-corrected chi connectivity index (χ0v) is 69.9. The van der Waals surface area contributed by atoms with Crippen molar-refractivity contribution in [1.82, 2.24) is 21.3 Å². The normalized spacial score (nSPS) is 12.8. The summed E-state index contributed by atoms with van der Waals surface area (Å²) in [6.07, 6.45) is 1.60. The third-order valence-corrected chi connectivity index (χ3v) is 10.5. The fourth-order valence-corrected chi connectivity index (χ4v) is 6.79. The second kappa shape index (κ2) is 54.0. The first-order chi connectivity index (χ1) is 42.5. The van der Waals surface area contributed by atoms with Gasteiger partial charge in [0.05, 0.1) is 12.6 Å². The Morgan fingerprint density at radius 3 is 0.845 bits per heavy atom. The van der Waals surface area contributed by atoms with Crippen LogP contribution in [0.25, 0.3) is 4.84 Å². The van der Waals surface area contributed by atoms with Crippen LogP contribution in [0.5, 0.6) is 0 Å². The Balaban J connectivity index is -0.000000169. The minimum absolute atomic E-state index is 0. The smallest absolute Gasteiger partial charge is 0.742 e. The average Bonchev–Trinajstić information content (AvgIpc) is 3.00. The summed E-state index contributed by atoms with van der Waals surface area (Å²) in [7, 11) is 0. The number of carbonyl (C=O) groups is 11. The number of nitrogens with one attached hydrogen (secondary N) is 4. The van der Waals surface area contributed by atoms with E-state index in [9.17, 15) is 57.8 Å². The minimum Gasteiger partial charge on any atom is -0.742 e. The van der Waals surface area contributed by atoms with Crippen molar-refractivity contribution in [1.29, 1.82) is 0 Å². The van der Waals surface area contributed by atoms with E-state index in [2.05, 4.69) is 51.4 Å². The van der Waals surface area contributed by atoms with E-state index in [1.54, 1.807) is 83.1 Å². The van der Waals surface area contributed by atoms with Crippen LogP contribution in [0.15, 0.2) is 0 Å². The second-order valence-electron chi connectivity index (χ2n) is 29.4. The van der Waals surface area contributed by atoms with Crippen LogP contribution in [0.4, 0.5) is 19.2 Å². The Hall–Kier alpha value is -3.72. The zero-order valence-electron chi connectivity index (χ0n) is 63.5. The molecule has 0 bridgehead atoms. The van der Waals surface area contributed by atoms with Crippen LogP contribution >= 0.6 is 36.8 Å². The van der Waals surface area contributed by atoms with E-state index in [1.165, 1.54) is 6.92 Å². The molecule has 0 heterocycles. The molecule has 0 aliphatic carbocycles. The molecule has 5 unspecified atom stereocenters. The summed E-state index contributed by atoms with van der Waals surface area (Å²) in [4.78, 5) is 126. The maximum atomic E-state index is 11.7. The van der Waals surface area contributed by atoms with Crippen LogP contribution in [-0.2, 0) is 84.1 Å². The SMILES string of the molecule is CC(=O)[S-].CC(C)(C)OC(=O)CCC(CO)NC(=O)OC(C)(C)C.CC(C)(C)OC(=O)CCC(NC(=O)OC(C)(C)C)C(=O)O.CCC(CCC(=O)OC(C)(C)C)NC(=O)OC(C)(C)C.CCC(CCC(=O)OC(C)(C)C)NC(=O)OC(C)(C)C.Cl.O=C(O)CCC(CS)[N-]Cl.[K+]. The molecule has 0 saturated carbocycles. The number of carboxylic acid groups (broad SMARTS) is 2. The summed E-state index contributed by atoms with van der Waals surface area (Å²) in [5.41, 5.74) is -4.48. The number of aliphatic carboxylic acids is 2. The van der Waals surface area contributed by atoms with E-state index in [1.807, 2.05) is 96.9 Å². The van der Waals surface area contributed by atoms with Crippen molar-refractivity contribution in [2.45, 2.75) is 339 Å². The third kappa shape index (κ3) is 90.3. The zero-order chi connectivity index (χ0) is 76.3. The minimum atomic E-state index is -1.23. The van der Waals surface area contributed by atoms with Gasteiger partial charge < -0.3 is 96.7 Å². The summed E-state index contributed by atoms with van der Waals surface area (Å²) < 4.78 is 41.1. The molecule has 0 saturated heterocycles. The molecule has 7 N–H and O–H groups in total.